The largest absolute Gasteiger partial charge is 0.378 e. The molecule has 5 heteroatoms. The van der Waals surface area contributed by atoms with E-state index in [2.05, 4.69) is 6.58 Å². The minimum absolute atomic E-state index is 0.127. The van der Waals surface area contributed by atoms with Crippen molar-refractivity contribution in [3.8, 4) is 0 Å². The predicted molar refractivity (Wildman–Crippen MR) is 77.6 cm³/mol. The number of carbonyl (C=O) groups excluding carboxylic acids is 1. The Labute approximate surface area is 110 Å². The zero-order chi connectivity index (χ0) is 12.6. The van der Waals surface area contributed by atoms with Crippen molar-refractivity contribution in [1.82, 2.24) is 0 Å². The third kappa shape index (κ3) is 2.21. The van der Waals surface area contributed by atoms with Gasteiger partial charge in [-0.2, -0.15) is 0 Å². The molecule has 0 N–H and O–H groups in total. The predicted octanol–water partition coefficient (Wildman–Crippen LogP) is 2.63. The average Bonchev–Trinajstić information content (AvgIpc) is 2.53. The van der Waals surface area contributed by atoms with E-state index in [-0.39, 0.29) is 5.91 Å². The Hall–Kier alpha value is -1.33. The average molecular weight is 264 g/mol. The molecule has 1 aromatic carbocycles. The lowest BCUT2D eigenvalue weighted by Gasteiger charge is -2.17. The summed E-state index contributed by atoms with van der Waals surface area (Å²) >= 11 is 6.40. The Bertz CT molecular complexity index is 494. The molecular formula is C12H12N2OS2. The molecule has 0 aromatic heterocycles. The van der Waals surface area contributed by atoms with Gasteiger partial charge in [-0.15, -0.1) is 0 Å². The number of benzene rings is 1. The molecule has 1 aliphatic rings. The Morgan fingerprint density at radius 3 is 2.29 bits per heavy atom. The topological polar surface area (TPSA) is 23.6 Å². The molecule has 1 amide bonds. The molecule has 0 radical (unpaired) electrons. The molecule has 0 unspecified atom stereocenters. The summed E-state index contributed by atoms with van der Waals surface area (Å²) in [6.45, 7) is 3.68. The maximum atomic E-state index is 11.8. The SMILES string of the molecule is C=C1SC(=S)N(c2ccc(N(C)C)cc2)C1=O. The van der Waals surface area contributed by atoms with Crippen LogP contribution < -0.4 is 9.80 Å². The van der Waals surface area contributed by atoms with Gasteiger partial charge in [-0.05, 0) is 24.3 Å². The molecular weight excluding hydrogens is 252 g/mol. The van der Waals surface area contributed by atoms with Crippen LogP contribution in [0.25, 0.3) is 0 Å². The van der Waals surface area contributed by atoms with Crippen molar-refractivity contribution in [2.75, 3.05) is 23.9 Å². The number of carbonyl (C=O) groups is 1. The fraction of sp³-hybridized carbons (Fsp3) is 0.167. The molecule has 1 aromatic rings. The summed E-state index contributed by atoms with van der Waals surface area (Å²) in [4.78, 5) is 15.8. The lowest BCUT2D eigenvalue weighted by molar-refractivity contribution is -0.113. The summed E-state index contributed by atoms with van der Waals surface area (Å²) < 4.78 is 0.539. The number of anilines is 2. The lowest BCUT2D eigenvalue weighted by Crippen LogP contribution is -2.27. The second kappa shape index (κ2) is 4.50. The summed E-state index contributed by atoms with van der Waals surface area (Å²) in [6.07, 6.45) is 0. The Kier molecular flexibility index (Phi) is 3.22. The first-order valence-corrected chi connectivity index (χ1v) is 6.26. The molecule has 0 spiro atoms. The van der Waals surface area contributed by atoms with Crippen molar-refractivity contribution < 1.29 is 4.79 Å². The van der Waals surface area contributed by atoms with Gasteiger partial charge >= 0.3 is 0 Å². The van der Waals surface area contributed by atoms with Crippen molar-refractivity contribution in [3.05, 3.63) is 35.7 Å². The van der Waals surface area contributed by atoms with Gasteiger partial charge in [0.2, 0.25) is 0 Å². The molecule has 1 aliphatic heterocycles. The van der Waals surface area contributed by atoms with Crippen LogP contribution in [0.4, 0.5) is 11.4 Å². The van der Waals surface area contributed by atoms with Gasteiger partial charge in [0, 0.05) is 19.8 Å². The van der Waals surface area contributed by atoms with E-state index in [0.717, 1.165) is 11.4 Å². The van der Waals surface area contributed by atoms with Gasteiger partial charge in [-0.25, -0.2) is 0 Å². The van der Waals surface area contributed by atoms with Gasteiger partial charge in [-0.3, -0.25) is 9.69 Å². The van der Waals surface area contributed by atoms with Crippen molar-refractivity contribution in [2.45, 2.75) is 0 Å². The number of hydrogen-bond donors (Lipinski definition) is 0. The van der Waals surface area contributed by atoms with E-state index in [1.807, 2.05) is 43.3 Å². The summed E-state index contributed by atoms with van der Waals surface area (Å²) in [7, 11) is 3.94. The number of thiocarbonyl (C=S) groups is 1. The van der Waals surface area contributed by atoms with E-state index in [1.165, 1.54) is 16.7 Å². The third-order valence-corrected chi connectivity index (χ3v) is 3.67. The summed E-state index contributed by atoms with van der Waals surface area (Å²) in [5.74, 6) is -0.127. The molecule has 1 saturated heterocycles. The molecule has 0 aliphatic carbocycles. The van der Waals surface area contributed by atoms with Crippen molar-refractivity contribution >= 4 is 45.6 Å². The maximum Gasteiger partial charge on any atom is 0.270 e. The first-order chi connectivity index (χ1) is 8.00. The molecule has 3 nitrogen and oxygen atoms in total. The first kappa shape index (κ1) is 12.1. The second-order valence-electron chi connectivity index (χ2n) is 3.84. The highest BCUT2D eigenvalue weighted by atomic mass is 32.2. The van der Waals surface area contributed by atoms with E-state index in [9.17, 15) is 4.79 Å². The standard InChI is InChI=1S/C12H12N2OS2/c1-8-11(15)14(12(16)17-8)10-6-4-9(5-7-10)13(2)3/h4-7H,1H2,2-3H3. The van der Waals surface area contributed by atoms with Crippen LogP contribution in [-0.2, 0) is 4.79 Å². The lowest BCUT2D eigenvalue weighted by atomic mass is 10.2. The van der Waals surface area contributed by atoms with Crippen LogP contribution in [-0.4, -0.2) is 24.3 Å². The fourth-order valence-electron chi connectivity index (χ4n) is 1.52. The normalized spacial score (nSPS) is 15.6. The number of hydrogen-bond acceptors (Lipinski definition) is 4. The number of amides is 1. The van der Waals surface area contributed by atoms with Crippen LogP contribution in [0.2, 0.25) is 0 Å². The van der Waals surface area contributed by atoms with E-state index in [1.54, 1.807) is 0 Å². The molecule has 2 rings (SSSR count). The molecule has 0 bridgehead atoms. The minimum Gasteiger partial charge on any atom is -0.378 e. The summed E-state index contributed by atoms with van der Waals surface area (Å²) in [5, 5.41) is 0. The van der Waals surface area contributed by atoms with E-state index >= 15 is 0 Å². The molecule has 0 atom stereocenters. The Balaban J connectivity index is 2.32. The smallest absolute Gasteiger partial charge is 0.270 e. The molecule has 0 saturated carbocycles. The summed E-state index contributed by atoms with van der Waals surface area (Å²) in [6, 6.07) is 7.69. The van der Waals surface area contributed by atoms with Crippen LogP contribution in [0.1, 0.15) is 0 Å². The highest BCUT2D eigenvalue weighted by Crippen LogP contribution is 2.34. The third-order valence-electron chi connectivity index (χ3n) is 2.46. The van der Waals surface area contributed by atoms with Gasteiger partial charge in [0.1, 0.15) is 0 Å². The van der Waals surface area contributed by atoms with Gasteiger partial charge in [0.05, 0.1) is 10.6 Å². The highest BCUT2D eigenvalue weighted by molar-refractivity contribution is 8.27. The zero-order valence-corrected chi connectivity index (χ0v) is 11.3. The number of rotatable bonds is 2. The van der Waals surface area contributed by atoms with E-state index < -0.39 is 0 Å². The van der Waals surface area contributed by atoms with Gasteiger partial charge < -0.3 is 4.90 Å². The molecule has 1 heterocycles. The zero-order valence-electron chi connectivity index (χ0n) is 9.64. The second-order valence-corrected chi connectivity index (χ2v) is 5.57. The van der Waals surface area contributed by atoms with Crippen molar-refractivity contribution in [1.29, 1.82) is 0 Å². The summed E-state index contributed by atoms with van der Waals surface area (Å²) in [5.41, 5.74) is 1.87. The van der Waals surface area contributed by atoms with Crippen LogP contribution >= 0.6 is 24.0 Å². The Morgan fingerprint density at radius 1 is 1.29 bits per heavy atom. The van der Waals surface area contributed by atoms with Crippen molar-refractivity contribution in [2.24, 2.45) is 0 Å². The van der Waals surface area contributed by atoms with Crippen LogP contribution in [0.15, 0.2) is 35.7 Å². The van der Waals surface area contributed by atoms with Gasteiger partial charge in [0.25, 0.3) is 5.91 Å². The van der Waals surface area contributed by atoms with Crippen LogP contribution in [0.3, 0.4) is 0 Å². The van der Waals surface area contributed by atoms with Gasteiger partial charge in [-0.1, -0.05) is 30.6 Å². The fourth-order valence-corrected chi connectivity index (χ4v) is 2.68. The van der Waals surface area contributed by atoms with E-state index in [4.69, 9.17) is 12.2 Å². The Morgan fingerprint density at radius 2 is 1.88 bits per heavy atom. The highest BCUT2D eigenvalue weighted by Gasteiger charge is 2.31. The monoisotopic (exact) mass is 264 g/mol. The molecule has 1 fully saturated rings. The van der Waals surface area contributed by atoms with Crippen LogP contribution in [0, 0.1) is 0 Å². The van der Waals surface area contributed by atoms with Crippen LogP contribution in [0.5, 0.6) is 0 Å². The first-order valence-electron chi connectivity index (χ1n) is 5.03. The van der Waals surface area contributed by atoms with E-state index in [0.29, 0.717) is 9.23 Å². The minimum atomic E-state index is -0.127. The number of thioether (sulfide) groups is 1. The quantitative estimate of drug-likeness (QED) is 0.605. The van der Waals surface area contributed by atoms with Gasteiger partial charge in [0.15, 0.2) is 4.32 Å². The molecule has 17 heavy (non-hydrogen) atoms. The van der Waals surface area contributed by atoms with Crippen molar-refractivity contribution in [3.63, 3.8) is 0 Å². The number of nitrogens with zero attached hydrogens (tertiary/aromatic N) is 2. The maximum absolute atomic E-state index is 11.8. The molecule has 88 valence electrons.